The van der Waals surface area contributed by atoms with E-state index in [4.69, 9.17) is 18.9 Å². The van der Waals surface area contributed by atoms with Crippen LogP contribution in [0.3, 0.4) is 0 Å². The minimum Gasteiger partial charge on any atom is -0.497 e. The summed E-state index contributed by atoms with van der Waals surface area (Å²) in [5.41, 5.74) is 0.430. The van der Waals surface area contributed by atoms with Gasteiger partial charge in [-0.25, -0.2) is 0 Å². The summed E-state index contributed by atoms with van der Waals surface area (Å²) in [4.78, 5) is 0. The van der Waals surface area contributed by atoms with Gasteiger partial charge >= 0.3 is 7.40 Å². The third-order valence-electron chi connectivity index (χ3n) is 4.76. The number of benzene rings is 3. The molecule has 7 heteroatoms. The lowest BCUT2D eigenvalue weighted by atomic mass is 9.79. The minimum atomic E-state index is -2.51. The fourth-order valence-electron chi connectivity index (χ4n) is 3.33. The molecule has 0 unspecified atom stereocenters. The van der Waals surface area contributed by atoms with Crippen molar-refractivity contribution >= 4 is 7.40 Å². The van der Waals surface area contributed by atoms with Gasteiger partial charge in [0.2, 0.25) is 0 Å². The molecule has 0 saturated carbocycles. The monoisotopic (exact) mass is 396 g/mol. The Hall–Kier alpha value is -3.03. The van der Waals surface area contributed by atoms with Crippen LogP contribution in [0.2, 0.25) is 0 Å². The van der Waals surface area contributed by atoms with Gasteiger partial charge in [-0.15, -0.1) is 0 Å². The van der Waals surface area contributed by atoms with Crippen LogP contribution in [0.4, 0.5) is 4.32 Å². The third kappa shape index (κ3) is 4.21. The van der Waals surface area contributed by atoms with E-state index in [1.54, 1.807) is 94.1 Å². The van der Waals surface area contributed by atoms with Crippen LogP contribution < -0.4 is 14.2 Å². The van der Waals surface area contributed by atoms with E-state index in [-0.39, 0.29) is 0 Å². The number of halogens is 1. The largest absolute Gasteiger partial charge is 0.678 e. The molecule has 5 nitrogen and oxygen atoms in total. The van der Waals surface area contributed by atoms with Crippen LogP contribution in [0.5, 0.6) is 17.2 Å². The first-order chi connectivity index (χ1) is 14.0. The van der Waals surface area contributed by atoms with Gasteiger partial charge in [-0.2, -0.15) is 0 Å². The average Bonchev–Trinajstić information content (AvgIpc) is 2.77. The summed E-state index contributed by atoms with van der Waals surface area (Å²) in [6, 6.07) is 21.2. The average molecular weight is 396 g/mol. The fourth-order valence-corrected chi connectivity index (χ4v) is 3.33. The summed E-state index contributed by atoms with van der Waals surface area (Å²) >= 11 is 0. The Balaban J connectivity index is 2.26. The molecule has 3 rings (SSSR count). The highest BCUT2D eigenvalue weighted by Gasteiger charge is 2.41. The van der Waals surface area contributed by atoms with Crippen LogP contribution in [-0.4, -0.2) is 33.7 Å². The Bertz CT molecular complexity index is 796. The Kier molecular flexibility index (Phi) is 6.41. The molecule has 0 aromatic heterocycles. The van der Waals surface area contributed by atoms with Gasteiger partial charge in [-0.05, 0) is 53.1 Å². The molecule has 0 aliphatic carbocycles. The highest BCUT2D eigenvalue weighted by molar-refractivity contribution is 6.33. The first-order valence-electron chi connectivity index (χ1n) is 8.97. The smallest absolute Gasteiger partial charge is 0.497 e. The van der Waals surface area contributed by atoms with Gasteiger partial charge in [0.25, 0.3) is 0 Å². The van der Waals surface area contributed by atoms with Gasteiger partial charge in [0.05, 0.1) is 21.3 Å². The van der Waals surface area contributed by atoms with Crippen LogP contribution >= 0.6 is 0 Å². The first-order valence-corrected chi connectivity index (χ1v) is 8.97. The Morgan fingerprint density at radius 3 is 1.10 bits per heavy atom. The third-order valence-corrected chi connectivity index (χ3v) is 4.76. The van der Waals surface area contributed by atoms with Gasteiger partial charge in [-0.1, -0.05) is 36.4 Å². The molecule has 3 aromatic rings. The summed E-state index contributed by atoms with van der Waals surface area (Å²) in [6.45, 7) is 0. The second kappa shape index (κ2) is 8.98. The summed E-state index contributed by atoms with van der Waals surface area (Å²) in [5.74, 6) is 1.94. The zero-order valence-electron chi connectivity index (χ0n) is 16.5. The Morgan fingerprint density at radius 1 is 0.621 bits per heavy atom. The predicted octanol–water partition coefficient (Wildman–Crippen LogP) is 3.97. The van der Waals surface area contributed by atoms with Crippen molar-refractivity contribution in [1.82, 2.24) is 0 Å². The van der Waals surface area contributed by atoms with Crippen LogP contribution in [-0.2, 0) is 10.3 Å². The molecule has 0 aliphatic heterocycles. The summed E-state index contributed by atoms with van der Waals surface area (Å²) in [6.07, 6.45) is 0. The maximum Gasteiger partial charge on any atom is 0.678 e. The second-order valence-corrected chi connectivity index (χ2v) is 6.28. The molecule has 0 heterocycles. The molecule has 3 aromatic carbocycles. The maximum atomic E-state index is 13.9. The molecular weight excluding hydrogens is 374 g/mol. The normalized spacial score (nSPS) is 11.1. The van der Waals surface area contributed by atoms with Crippen LogP contribution in [0, 0.1) is 0 Å². The van der Waals surface area contributed by atoms with Gasteiger partial charge in [0.1, 0.15) is 22.8 Å². The molecular formula is C22H22BFO5. The molecule has 1 N–H and O–H groups in total. The topological polar surface area (TPSA) is 57.2 Å². The fraction of sp³-hybridized carbons (Fsp3) is 0.182. The van der Waals surface area contributed by atoms with Crippen molar-refractivity contribution in [2.45, 2.75) is 5.60 Å². The molecule has 0 fully saturated rings. The summed E-state index contributed by atoms with van der Waals surface area (Å²) in [5, 5.41) is 9.61. The zero-order chi connectivity index (χ0) is 20.9. The molecule has 0 atom stereocenters. The van der Waals surface area contributed by atoms with E-state index in [2.05, 4.69) is 0 Å². The van der Waals surface area contributed by atoms with Crippen molar-refractivity contribution in [3.05, 3.63) is 89.5 Å². The van der Waals surface area contributed by atoms with Crippen molar-refractivity contribution in [3.8, 4) is 17.2 Å². The molecule has 0 bridgehead atoms. The van der Waals surface area contributed by atoms with E-state index in [1.165, 1.54) is 0 Å². The zero-order valence-corrected chi connectivity index (χ0v) is 16.5. The van der Waals surface area contributed by atoms with Gasteiger partial charge in [-0.3, -0.25) is 4.32 Å². The highest BCUT2D eigenvalue weighted by Crippen LogP contribution is 2.42. The number of hydrogen-bond acceptors (Lipinski definition) is 5. The van der Waals surface area contributed by atoms with Crippen LogP contribution in [0.25, 0.3) is 0 Å². The minimum absolute atomic E-state index is 0.616. The lowest BCUT2D eigenvalue weighted by Gasteiger charge is -2.36. The number of ether oxygens (including phenoxy) is 3. The lowest BCUT2D eigenvalue weighted by molar-refractivity contribution is 0.100. The maximum absolute atomic E-state index is 13.9. The number of methoxy groups -OCH3 is 3. The summed E-state index contributed by atoms with van der Waals surface area (Å²) < 4.78 is 35.2. The van der Waals surface area contributed by atoms with E-state index in [9.17, 15) is 9.34 Å². The molecule has 0 spiro atoms. The van der Waals surface area contributed by atoms with Crippen molar-refractivity contribution in [2.75, 3.05) is 21.3 Å². The molecule has 0 radical (unpaired) electrons. The molecule has 29 heavy (non-hydrogen) atoms. The van der Waals surface area contributed by atoms with E-state index in [0.717, 1.165) is 0 Å². The van der Waals surface area contributed by atoms with Crippen molar-refractivity contribution in [2.24, 2.45) is 0 Å². The Labute approximate surface area is 169 Å². The SMILES string of the molecule is COc1ccc(C(OB(O)F)(c2ccc(OC)cc2)c2ccc(OC)cc2)cc1. The van der Waals surface area contributed by atoms with E-state index < -0.39 is 13.0 Å². The van der Waals surface area contributed by atoms with E-state index in [0.29, 0.717) is 33.9 Å². The molecule has 0 saturated heterocycles. The van der Waals surface area contributed by atoms with E-state index >= 15 is 0 Å². The van der Waals surface area contributed by atoms with Crippen molar-refractivity contribution in [1.29, 1.82) is 0 Å². The molecule has 150 valence electrons. The lowest BCUT2D eigenvalue weighted by Crippen LogP contribution is -2.37. The van der Waals surface area contributed by atoms with Gasteiger partial charge in [0.15, 0.2) is 0 Å². The number of rotatable bonds is 8. The number of hydrogen-bond donors (Lipinski definition) is 1. The van der Waals surface area contributed by atoms with Crippen LogP contribution in [0.15, 0.2) is 72.8 Å². The molecule has 0 aliphatic rings. The van der Waals surface area contributed by atoms with Gasteiger partial charge in [0, 0.05) is 0 Å². The van der Waals surface area contributed by atoms with Crippen molar-refractivity contribution in [3.63, 3.8) is 0 Å². The standard InChI is InChI=1S/C22H22BFO5/c1-26-19-10-4-16(5-11-19)22(29-23(24)25,17-6-12-20(27-2)13-7-17)18-8-14-21(28-3)15-9-18/h4-15,25H,1-3H3. The van der Waals surface area contributed by atoms with Gasteiger partial charge < -0.3 is 23.9 Å². The van der Waals surface area contributed by atoms with Crippen molar-refractivity contribution < 1.29 is 28.2 Å². The summed E-state index contributed by atoms with van der Waals surface area (Å²) in [7, 11) is 2.19. The quantitative estimate of drug-likeness (QED) is 0.461. The van der Waals surface area contributed by atoms with E-state index in [1.807, 2.05) is 0 Å². The predicted molar refractivity (Wildman–Crippen MR) is 109 cm³/mol. The first kappa shape index (κ1) is 20.7. The molecule has 0 amide bonds. The van der Waals surface area contributed by atoms with Crippen LogP contribution in [0.1, 0.15) is 16.7 Å². The highest BCUT2D eigenvalue weighted by atomic mass is 19.1. The Morgan fingerprint density at radius 2 is 0.897 bits per heavy atom. The second-order valence-electron chi connectivity index (χ2n) is 6.28.